The van der Waals surface area contributed by atoms with Gasteiger partial charge >= 0.3 is 0 Å². The highest BCUT2D eigenvalue weighted by Crippen LogP contribution is 2.32. The van der Waals surface area contributed by atoms with E-state index < -0.39 is 0 Å². The SMILES string of the molecule is Cc1sc(C(=O)N2CCNC[C@H]2C)cc1-c1ccc(F)cc1.Cl. The van der Waals surface area contributed by atoms with Crippen LogP contribution in [0.2, 0.25) is 0 Å². The van der Waals surface area contributed by atoms with E-state index in [9.17, 15) is 9.18 Å². The molecule has 0 bridgehead atoms. The lowest BCUT2D eigenvalue weighted by molar-refractivity contribution is 0.0661. The van der Waals surface area contributed by atoms with Crippen molar-refractivity contribution in [2.45, 2.75) is 19.9 Å². The summed E-state index contributed by atoms with van der Waals surface area (Å²) in [6.45, 7) is 6.47. The van der Waals surface area contributed by atoms with E-state index in [1.807, 2.05) is 17.9 Å². The summed E-state index contributed by atoms with van der Waals surface area (Å²) < 4.78 is 13.1. The largest absolute Gasteiger partial charge is 0.333 e. The predicted molar refractivity (Wildman–Crippen MR) is 95.1 cm³/mol. The summed E-state index contributed by atoms with van der Waals surface area (Å²) in [5, 5.41) is 3.29. The van der Waals surface area contributed by atoms with Gasteiger partial charge in [-0.15, -0.1) is 23.7 Å². The second-order valence-corrected chi connectivity index (χ2v) is 6.90. The van der Waals surface area contributed by atoms with Crippen molar-refractivity contribution in [1.29, 1.82) is 0 Å². The molecule has 0 aliphatic carbocycles. The minimum Gasteiger partial charge on any atom is -0.333 e. The molecule has 23 heavy (non-hydrogen) atoms. The van der Waals surface area contributed by atoms with Crippen LogP contribution in [0, 0.1) is 12.7 Å². The molecule has 0 spiro atoms. The predicted octanol–water partition coefficient (Wildman–Crippen LogP) is 3.72. The molecular weight excluding hydrogens is 335 g/mol. The van der Waals surface area contributed by atoms with Crippen LogP contribution in [-0.4, -0.2) is 36.5 Å². The van der Waals surface area contributed by atoms with Crippen molar-refractivity contribution in [2.75, 3.05) is 19.6 Å². The standard InChI is InChI=1S/C17H19FN2OS.ClH/c1-11-10-19-7-8-20(11)17(21)16-9-15(12(2)22-16)13-3-5-14(18)6-4-13;/h3-6,9,11,19H,7-8,10H2,1-2H3;1H/t11-;/m1./s1. The molecule has 1 aromatic heterocycles. The Morgan fingerprint density at radius 1 is 1.35 bits per heavy atom. The van der Waals surface area contributed by atoms with Crippen LogP contribution in [-0.2, 0) is 0 Å². The lowest BCUT2D eigenvalue weighted by atomic mass is 10.1. The molecule has 2 aromatic rings. The third-order valence-corrected chi connectivity index (χ3v) is 5.08. The number of hydrogen-bond donors (Lipinski definition) is 1. The number of rotatable bonds is 2. The van der Waals surface area contributed by atoms with Crippen LogP contribution in [0.3, 0.4) is 0 Å². The maximum atomic E-state index is 13.1. The third-order valence-electron chi connectivity index (χ3n) is 4.05. The molecule has 0 unspecified atom stereocenters. The van der Waals surface area contributed by atoms with Crippen molar-refractivity contribution < 1.29 is 9.18 Å². The fourth-order valence-electron chi connectivity index (χ4n) is 2.79. The molecule has 1 aliphatic rings. The molecule has 124 valence electrons. The lowest BCUT2D eigenvalue weighted by Crippen LogP contribution is -2.52. The van der Waals surface area contributed by atoms with Crippen LogP contribution in [0.1, 0.15) is 21.5 Å². The van der Waals surface area contributed by atoms with Gasteiger partial charge in [-0.1, -0.05) is 12.1 Å². The third kappa shape index (κ3) is 3.74. The highest BCUT2D eigenvalue weighted by Gasteiger charge is 2.25. The van der Waals surface area contributed by atoms with Crippen LogP contribution in [0.25, 0.3) is 11.1 Å². The van der Waals surface area contributed by atoms with Crippen molar-refractivity contribution in [2.24, 2.45) is 0 Å². The topological polar surface area (TPSA) is 32.3 Å². The Morgan fingerprint density at radius 3 is 2.70 bits per heavy atom. The van der Waals surface area contributed by atoms with Crippen molar-refractivity contribution in [3.05, 3.63) is 45.9 Å². The normalized spacial score (nSPS) is 17.7. The van der Waals surface area contributed by atoms with Gasteiger partial charge in [-0.25, -0.2) is 4.39 Å². The number of piperazine rings is 1. The number of aryl methyl sites for hydroxylation is 1. The monoisotopic (exact) mass is 354 g/mol. The number of hydrogen-bond acceptors (Lipinski definition) is 3. The summed E-state index contributed by atoms with van der Waals surface area (Å²) >= 11 is 1.51. The number of benzene rings is 1. The van der Waals surface area contributed by atoms with Gasteiger partial charge in [0.25, 0.3) is 5.91 Å². The van der Waals surface area contributed by atoms with E-state index in [1.54, 1.807) is 12.1 Å². The second kappa shape index (κ2) is 7.43. The van der Waals surface area contributed by atoms with Gasteiger partial charge in [0.05, 0.1) is 4.88 Å². The smallest absolute Gasteiger partial charge is 0.264 e. The molecule has 3 rings (SSSR count). The number of carbonyl (C=O) groups is 1. The number of nitrogens with one attached hydrogen (secondary N) is 1. The summed E-state index contributed by atoms with van der Waals surface area (Å²) in [5.74, 6) is -0.155. The number of thiophene rings is 1. The minimum absolute atomic E-state index is 0. The molecule has 0 radical (unpaired) electrons. The van der Waals surface area contributed by atoms with Gasteiger partial charge in [0, 0.05) is 30.6 Å². The maximum Gasteiger partial charge on any atom is 0.264 e. The zero-order valence-electron chi connectivity index (χ0n) is 13.1. The van der Waals surface area contributed by atoms with E-state index in [0.717, 1.165) is 40.5 Å². The van der Waals surface area contributed by atoms with Crippen molar-refractivity contribution in [3.8, 4) is 11.1 Å². The highest BCUT2D eigenvalue weighted by atomic mass is 35.5. The lowest BCUT2D eigenvalue weighted by Gasteiger charge is -2.33. The first-order valence-electron chi connectivity index (χ1n) is 7.44. The molecule has 1 aromatic carbocycles. The summed E-state index contributed by atoms with van der Waals surface area (Å²) in [6, 6.07) is 8.55. The Labute approximate surface area is 145 Å². The van der Waals surface area contributed by atoms with Crippen LogP contribution >= 0.6 is 23.7 Å². The summed E-state index contributed by atoms with van der Waals surface area (Å²) in [7, 11) is 0. The van der Waals surface area contributed by atoms with E-state index in [-0.39, 0.29) is 30.2 Å². The first kappa shape index (κ1) is 17.9. The number of halogens is 2. The maximum absolute atomic E-state index is 13.1. The molecule has 1 fully saturated rings. The Morgan fingerprint density at radius 2 is 2.04 bits per heavy atom. The number of carbonyl (C=O) groups excluding carboxylic acids is 1. The van der Waals surface area contributed by atoms with E-state index in [1.165, 1.54) is 23.5 Å². The Hall–Kier alpha value is -1.43. The number of nitrogens with zero attached hydrogens (tertiary/aromatic N) is 1. The van der Waals surface area contributed by atoms with E-state index in [4.69, 9.17) is 0 Å². The van der Waals surface area contributed by atoms with Gasteiger partial charge in [0.1, 0.15) is 5.82 Å². The van der Waals surface area contributed by atoms with E-state index in [2.05, 4.69) is 12.2 Å². The molecule has 1 atom stereocenters. The Balaban J connectivity index is 0.00000192. The van der Waals surface area contributed by atoms with E-state index in [0.29, 0.717) is 0 Å². The van der Waals surface area contributed by atoms with Gasteiger partial charge in [0.2, 0.25) is 0 Å². The molecular formula is C17H20ClFN2OS. The average molecular weight is 355 g/mol. The second-order valence-electron chi connectivity index (χ2n) is 5.64. The van der Waals surface area contributed by atoms with Crippen molar-refractivity contribution >= 4 is 29.7 Å². The van der Waals surface area contributed by atoms with Gasteiger partial charge in [-0.2, -0.15) is 0 Å². The zero-order chi connectivity index (χ0) is 15.7. The fraction of sp³-hybridized carbons (Fsp3) is 0.353. The summed E-state index contributed by atoms with van der Waals surface area (Å²) in [5.41, 5.74) is 1.96. The molecule has 0 saturated carbocycles. The van der Waals surface area contributed by atoms with Gasteiger partial charge in [0.15, 0.2) is 0 Å². The first-order valence-corrected chi connectivity index (χ1v) is 8.26. The van der Waals surface area contributed by atoms with Gasteiger partial charge < -0.3 is 10.2 Å². The molecule has 1 aliphatic heterocycles. The van der Waals surface area contributed by atoms with E-state index >= 15 is 0 Å². The molecule has 1 saturated heterocycles. The average Bonchev–Trinajstić information content (AvgIpc) is 2.90. The van der Waals surface area contributed by atoms with Crippen LogP contribution in [0.5, 0.6) is 0 Å². The first-order chi connectivity index (χ1) is 10.6. The minimum atomic E-state index is -0.248. The molecule has 1 amide bonds. The molecule has 2 heterocycles. The summed E-state index contributed by atoms with van der Waals surface area (Å²) in [6.07, 6.45) is 0. The Bertz CT molecular complexity index is 686. The highest BCUT2D eigenvalue weighted by molar-refractivity contribution is 7.14. The Kier molecular flexibility index (Phi) is 5.79. The summed E-state index contributed by atoms with van der Waals surface area (Å²) in [4.78, 5) is 16.5. The van der Waals surface area contributed by atoms with Crippen LogP contribution < -0.4 is 5.32 Å². The quantitative estimate of drug-likeness (QED) is 0.891. The number of amides is 1. The molecule has 3 nitrogen and oxygen atoms in total. The zero-order valence-corrected chi connectivity index (χ0v) is 14.8. The van der Waals surface area contributed by atoms with Crippen molar-refractivity contribution in [3.63, 3.8) is 0 Å². The van der Waals surface area contributed by atoms with Crippen LogP contribution in [0.4, 0.5) is 4.39 Å². The molecule has 1 N–H and O–H groups in total. The fourth-order valence-corrected chi connectivity index (χ4v) is 3.79. The van der Waals surface area contributed by atoms with Crippen molar-refractivity contribution in [1.82, 2.24) is 10.2 Å². The van der Waals surface area contributed by atoms with Gasteiger partial charge in [-0.3, -0.25) is 4.79 Å². The molecule has 6 heteroatoms. The van der Waals surface area contributed by atoms with Crippen LogP contribution in [0.15, 0.2) is 30.3 Å². The van der Waals surface area contributed by atoms with Gasteiger partial charge in [-0.05, 0) is 43.2 Å².